The van der Waals surface area contributed by atoms with Crippen LogP contribution in [0.4, 0.5) is 0 Å². The van der Waals surface area contributed by atoms with Gasteiger partial charge in [-0.1, -0.05) is 0 Å². The van der Waals surface area contributed by atoms with Crippen LogP contribution in [0, 0.1) is 5.92 Å². The molecule has 3 rings (SSSR count). The van der Waals surface area contributed by atoms with Gasteiger partial charge in [0.05, 0.1) is 0 Å². The second-order valence-electron chi connectivity index (χ2n) is 5.59. The zero-order chi connectivity index (χ0) is 13.4. The number of hydrogen-bond donors (Lipinski definition) is 1. The first-order chi connectivity index (χ1) is 9.15. The lowest BCUT2D eigenvalue weighted by Crippen LogP contribution is -2.31. The van der Waals surface area contributed by atoms with E-state index in [0.717, 1.165) is 25.1 Å². The maximum atomic E-state index is 12.1. The Labute approximate surface area is 112 Å². The van der Waals surface area contributed by atoms with Gasteiger partial charge in [0, 0.05) is 44.7 Å². The van der Waals surface area contributed by atoms with Crippen LogP contribution in [0.5, 0.6) is 0 Å². The van der Waals surface area contributed by atoms with E-state index in [-0.39, 0.29) is 17.7 Å². The largest absolute Gasteiger partial charge is 0.350 e. The van der Waals surface area contributed by atoms with Gasteiger partial charge < -0.3 is 14.8 Å². The van der Waals surface area contributed by atoms with Crippen LogP contribution in [0.1, 0.15) is 35.8 Å². The topological polar surface area (TPSA) is 54.3 Å². The number of amides is 2. The molecule has 102 valence electrons. The number of carbonyl (C=O) groups excluding carboxylic acids is 2. The summed E-state index contributed by atoms with van der Waals surface area (Å²) < 4.78 is 2.06. The Balaban J connectivity index is 1.56. The van der Waals surface area contributed by atoms with Crippen molar-refractivity contribution >= 4 is 11.8 Å². The molecule has 0 aromatic carbocycles. The van der Waals surface area contributed by atoms with Crippen LogP contribution in [0.25, 0.3) is 0 Å². The Morgan fingerprint density at radius 2 is 2.26 bits per heavy atom. The number of nitrogens with one attached hydrogen (secondary N) is 1. The SMILES string of the molecule is CN1C[C@@H](CNC(=O)c2cccn2C2CC2)CC1=O. The van der Waals surface area contributed by atoms with Crippen molar-refractivity contribution in [1.29, 1.82) is 0 Å². The fraction of sp³-hybridized carbons (Fsp3) is 0.571. The molecular formula is C14H19N3O2. The summed E-state index contributed by atoms with van der Waals surface area (Å²) in [5.74, 6) is 0.380. The molecule has 0 bridgehead atoms. The smallest absolute Gasteiger partial charge is 0.267 e. The molecule has 2 heterocycles. The minimum absolute atomic E-state index is 0.0288. The van der Waals surface area contributed by atoms with Gasteiger partial charge in [-0.3, -0.25) is 9.59 Å². The lowest BCUT2D eigenvalue weighted by molar-refractivity contribution is -0.126. The normalized spacial score (nSPS) is 22.9. The second-order valence-corrected chi connectivity index (χ2v) is 5.59. The molecule has 0 unspecified atom stereocenters. The molecule has 19 heavy (non-hydrogen) atoms. The summed E-state index contributed by atoms with van der Waals surface area (Å²) in [6.07, 6.45) is 4.84. The lowest BCUT2D eigenvalue weighted by atomic mass is 10.1. The molecule has 5 heteroatoms. The number of rotatable bonds is 4. The molecule has 5 nitrogen and oxygen atoms in total. The highest BCUT2D eigenvalue weighted by molar-refractivity contribution is 5.92. The zero-order valence-corrected chi connectivity index (χ0v) is 11.1. The second kappa shape index (κ2) is 4.72. The van der Waals surface area contributed by atoms with Crippen LogP contribution in [0.15, 0.2) is 18.3 Å². The van der Waals surface area contributed by atoms with E-state index in [1.807, 2.05) is 25.4 Å². The van der Waals surface area contributed by atoms with Crippen molar-refractivity contribution < 1.29 is 9.59 Å². The molecule has 2 aliphatic rings. The van der Waals surface area contributed by atoms with Gasteiger partial charge >= 0.3 is 0 Å². The van der Waals surface area contributed by atoms with E-state index < -0.39 is 0 Å². The maximum absolute atomic E-state index is 12.1. The third-order valence-electron chi connectivity index (χ3n) is 3.92. The van der Waals surface area contributed by atoms with Gasteiger partial charge in [0.1, 0.15) is 5.69 Å². The molecule has 1 aliphatic carbocycles. The van der Waals surface area contributed by atoms with Crippen molar-refractivity contribution in [3.8, 4) is 0 Å². The van der Waals surface area contributed by atoms with E-state index in [1.54, 1.807) is 4.90 Å². The predicted molar refractivity (Wildman–Crippen MR) is 70.8 cm³/mol. The van der Waals surface area contributed by atoms with Gasteiger partial charge in [0.15, 0.2) is 0 Å². The van der Waals surface area contributed by atoms with Gasteiger partial charge in [0.25, 0.3) is 5.91 Å². The van der Waals surface area contributed by atoms with E-state index in [0.29, 0.717) is 19.0 Å². The third-order valence-corrected chi connectivity index (χ3v) is 3.92. The fourth-order valence-electron chi connectivity index (χ4n) is 2.68. The summed E-state index contributed by atoms with van der Waals surface area (Å²) in [4.78, 5) is 25.3. The van der Waals surface area contributed by atoms with Crippen LogP contribution in [0.2, 0.25) is 0 Å². The lowest BCUT2D eigenvalue weighted by Gasteiger charge is -2.12. The highest BCUT2D eigenvalue weighted by atomic mass is 16.2. The third kappa shape index (κ3) is 2.50. The van der Waals surface area contributed by atoms with Crippen molar-refractivity contribution in [2.45, 2.75) is 25.3 Å². The Morgan fingerprint density at radius 1 is 1.47 bits per heavy atom. The van der Waals surface area contributed by atoms with Gasteiger partial charge in [-0.05, 0) is 25.0 Å². The molecule has 1 N–H and O–H groups in total. The minimum atomic E-state index is -0.0288. The molecular weight excluding hydrogens is 242 g/mol. The van der Waals surface area contributed by atoms with Crippen molar-refractivity contribution in [2.24, 2.45) is 5.92 Å². The first kappa shape index (κ1) is 12.3. The molecule has 1 aromatic heterocycles. The standard InChI is InChI=1S/C14H19N3O2/c1-16-9-10(7-13(16)18)8-15-14(19)12-3-2-6-17(12)11-4-5-11/h2-3,6,10-11H,4-5,7-9H2,1H3,(H,15,19)/t10-/m1/s1. The molecule has 1 atom stereocenters. The summed E-state index contributed by atoms with van der Waals surface area (Å²) in [5, 5.41) is 2.95. The van der Waals surface area contributed by atoms with Gasteiger partial charge in [-0.2, -0.15) is 0 Å². The van der Waals surface area contributed by atoms with Crippen LogP contribution < -0.4 is 5.32 Å². The molecule has 2 fully saturated rings. The number of aromatic nitrogens is 1. The van der Waals surface area contributed by atoms with Crippen molar-refractivity contribution in [2.75, 3.05) is 20.1 Å². The molecule has 0 spiro atoms. The summed E-state index contributed by atoms with van der Waals surface area (Å²) in [6.45, 7) is 1.31. The molecule has 1 aromatic rings. The van der Waals surface area contributed by atoms with E-state index in [9.17, 15) is 9.59 Å². The monoisotopic (exact) mass is 261 g/mol. The maximum Gasteiger partial charge on any atom is 0.267 e. The highest BCUT2D eigenvalue weighted by Gasteiger charge is 2.29. The average Bonchev–Trinajstić information content (AvgIpc) is 3.02. The Hall–Kier alpha value is -1.78. The first-order valence-electron chi connectivity index (χ1n) is 6.84. The molecule has 1 saturated carbocycles. The Morgan fingerprint density at radius 3 is 2.89 bits per heavy atom. The number of carbonyl (C=O) groups is 2. The van der Waals surface area contributed by atoms with Crippen molar-refractivity contribution in [3.05, 3.63) is 24.0 Å². The van der Waals surface area contributed by atoms with Gasteiger partial charge in [0.2, 0.25) is 5.91 Å². The molecule has 0 radical (unpaired) electrons. The Kier molecular flexibility index (Phi) is 3.05. The quantitative estimate of drug-likeness (QED) is 0.880. The van der Waals surface area contributed by atoms with Crippen molar-refractivity contribution in [3.63, 3.8) is 0 Å². The molecule has 1 saturated heterocycles. The van der Waals surface area contributed by atoms with Crippen LogP contribution in [-0.4, -0.2) is 41.4 Å². The molecule has 2 amide bonds. The predicted octanol–water partition coefficient (Wildman–Crippen LogP) is 1.03. The number of nitrogens with zero attached hydrogens (tertiary/aromatic N) is 2. The van der Waals surface area contributed by atoms with E-state index in [1.165, 1.54) is 0 Å². The first-order valence-corrected chi connectivity index (χ1v) is 6.84. The van der Waals surface area contributed by atoms with Crippen LogP contribution in [0.3, 0.4) is 0 Å². The highest BCUT2D eigenvalue weighted by Crippen LogP contribution is 2.35. The molecule has 1 aliphatic heterocycles. The summed E-state index contributed by atoms with van der Waals surface area (Å²) >= 11 is 0. The van der Waals surface area contributed by atoms with E-state index >= 15 is 0 Å². The number of hydrogen-bond acceptors (Lipinski definition) is 2. The minimum Gasteiger partial charge on any atom is -0.350 e. The van der Waals surface area contributed by atoms with E-state index in [2.05, 4.69) is 9.88 Å². The van der Waals surface area contributed by atoms with Gasteiger partial charge in [-0.15, -0.1) is 0 Å². The van der Waals surface area contributed by atoms with Crippen LogP contribution in [-0.2, 0) is 4.79 Å². The van der Waals surface area contributed by atoms with Crippen LogP contribution >= 0.6 is 0 Å². The van der Waals surface area contributed by atoms with E-state index in [4.69, 9.17) is 0 Å². The summed E-state index contributed by atoms with van der Waals surface area (Å²) in [7, 11) is 1.81. The van der Waals surface area contributed by atoms with Gasteiger partial charge in [-0.25, -0.2) is 0 Å². The number of likely N-dealkylation sites (tertiary alicyclic amines) is 1. The zero-order valence-electron chi connectivity index (χ0n) is 11.1. The fourth-order valence-corrected chi connectivity index (χ4v) is 2.68. The van der Waals surface area contributed by atoms with Crippen molar-refractivity contribution in [1.82, 2.24) is 14.8 Å². The average molecular weight is 261 g/mol. The summed E-state index contributed by atoms with van der Waals surface area (Å²) in [6, 6.07) is 4.29. The Bertz CT molecular complexity index is 505. The summed E-state index contributed by atoms with van der Waals surface area (Å²) in [5.41, 5.74) is 0.736.